The minimum absolute atomic E-state index is 0.196. The molecule has 1 N–H and O–H groups in total. The molecule has 0 radical (unpaired) electrons. The van der Waals surface area contributed by atoms with Crippen LogP contribution in [0.3, 0.4) is 0 Å². The monoisotopic (exact) mass is 288 g/mol. The Kier molecular flexibility index (Phi) is 5.80. The summed E-state index contributed by atoms with van der Waals surface area (Å²) < 4.78 is 0. The zero-order valence-corrected chi connectivity index (χ0v) is 13.4. The van der Waals surface area contributed by atoms with Crippen LogP contribution in [0.4, 0.5) is 5.69 Å². The maximum Gasteiger partial charge on any atom is 0.234 e. The van der Waals surface area contributed by atoms with Crippen LogP contribution in [0, 0.1) is 5.41 Å². The number of hydrogen-bond acceptors (Lipinski definition) is 2. The van der Waals surface area contributed by atoms with E-state index < -0.39 is 0 Å². The van der Waals surface area contributed by atoms with Crippen LogP contribution in [0.25, 0.3) is 0 Å². The number of hydrogen-bond donors (Lipinski definition) is 1. The lowest BCUT2D eigenvalue weighted by molar-refractivity contribution is -0.127. The van der Waals surface area contributed by atoms with E-state index in [4.69, 9.17) is 0 Å². The lowest BCUT2D eigenvalue weighted by atomic mass is 9.81. The van der Waals surface area contributed by atoms with Gasteiger partial charge in [-0.25, -0.2) is 0 Å². The summed E-state index contributed by atoms with van der Waals surface area (Å²) in [5.74, 6) is 0.314. The van der Waals surface area contributed by atoms with Crippen molar-refractivity contribution in [1.29, 1.82) is 0 Å². The van der Waals surface area contributed by atoms with Gasteiger partial charge in [-0.15, -0.1) is 0 Å². The van der Waals surface area contributed by atoms with Crippen LogP contribution in [0.1, 0.15) is 46.0 Å². The predicted octanol–water partition coefficient (Wildman–Crippen LogP) is 3.60. The molecule has 21 heavy (non-hydrogen) atoms. The summed E-state index contributed by atoms with van der Waals surface area (Å²) in [7, 11) is 0. The van der Waals surface area contributed by atoms with Gasteiger partial charge in [0.1, 0.15) is 0 Å². The van der Waals surface area contributed by atoms with Crippen LogP contribution in [-0.2, 0) is 4.79 Å². The second-order valence-corrected chi connectivity index (χ2v) is 6.10. The first-order valence-corrected chi connectivity index (χ1v) is 8.31. The molecule has 3 nitrogen and oxygen atoms in total. The summed E-state index contributed by atoms with van der Waals surface area (Å²) in [6.45, 7) is 6.96. The van der Waals surface area contributed by atoms with Crippen molar-refractivity contribution >= 4 is 11.6 Å². The molecule has 0 aromatic heterocycles. The zero-order chi connectivity index (χ0) is 15.1. The van der Waals surface area contributed by atoms with Gasteiger partial charge >= 0.3 is 0 Å². The molecule has 1 amide bonds. The Bertz CT molecular complexity index is 438. The maximum atomic E-state index is 13.2. The smallest absolute Gasteiger partial charge is 0.234 e. The molecule has 1 aliphatic heterocycles. The molecule has 1 aliphatic rings. The highest BCUT2D eigenvalue weighted by Gasteiger charge is 2.42. The van der Waals surface area contributed by atoms with E-state index in [1.54, 1.807) is 0 Å². The third kappa shape index (κ3) is 3.65. The molecule has 1 heterocycles. The van der Waals surface area contributed by atoms with E-state index >= 15 is 0 Å². The van der Waals surface area contributed by atoms with Gasteiger partial charge in [0.15, 0.2) is 0 Å². The van der Waals surface area contributed by atoms with Crippen LogP contribution >= 0.6 is 0 Å². The first kappa shape index (κ1) is 16.0. The van der Waals surface area contributed by atoms with E-state index in [0.29, 0.717) is 5.91 Å². The largest absolute Gasteiger partial charge is 0.316 e. The SMILES string of the molecule is CCCCN(C(=O)C1(CCC)CCNC1)c1ccccc1. The number of benzene rings is 1. The molecule has 0 bridgehead atoms. The van der Waals surface area contributed by atoms with Crippen molar-refractivity contribution in [3.63, 3.8) is 0 Å². The van der Waals surface area contributed by atoms with Gasteiger partial charge in [0.25, 0.3) is 0 Å². The average Bonchev–Trinajstić information content (AvgIpc) is 2.99. The number of unbranched alkanes of at least 4 members (excludes halogenated alkanes) is 1. The van der Waals surface area contributed by atoms with Gasteiger partial charge in [0.05, 0.1) is 5.41 Å². The Labute approximate surface area is 128 Å². The van der Waals surface area contributed by atoms with Crippen molar-refractivity contribution in [2.75, 3.05) is 24.5 Å². The van der Waals surface area contributed by atoms with Crippen LogP contribution < -0.4 is 10.2 Å². The molecule has 0 saturated carbocycles. The summed E-state index contributed by atoms with van der Waals surface area (Å²) in [5.41, 5.74) is 0.844. The van der Waals surface area contributed by atoms with Gasteiger partial charge < -0.3 is 10.2 Å². The molecular weight excluding hydrogens is 260 g/mol. The summed E-state index contributed by atoms with van der Waals surface area (Å²) >= 11 is 0. The maximum absolute atomic E-state index is 13.2. The van der Waals surface area contributed by atoms with E-state index in [1.807, 2.05) is 23.1 Å². The minimum Gasteiger partial charge on any atom is -0.316 e. The Balaban J connectivity index is 2.24. The highest BCUT2D eigenvalue weighted by Crippen LogP contribution is 2.35. The molecule has 1 saturated heterocycles. The number of nitrogens with one attached hydrogen (secondary N) is 1. The molecule has 1 atom stereocenters. The predicted molar refractivity (Wildman–Crippen MR) is 88.5 cm³/mol. The van der Waals surface area contributed by atoms with E-state index in [2.05, 4.69) is 31.3 Å². The van der Waals surface area contributed by atoms with Gasteiger partial charge in [0.2, 0.25) is 5.91 Å². The Morgan fingerprint density at radius 1 is 1.24 bits per heavy atom. The van der Waals surface area contributed by atoms with E-state index in [1.165, 1.54) is 0 Å². The highest BCUT2D eigenvalue weighted by molar-refractivity contribution is 5.98. The lowest BCUT2D eigenvalue weighted by Crippen LogP contribution is -2.46. The second kappa shape index (κ2) is 7.60. The number of nitrogens with zero attached hydrogens (tertiary/aromatic N) is 1. The zero-order valence-electron chi connectivity index (χ0n) is 13.4. The Morgan fingerprint density at radius 3 is 2.57 bits per heavy atom. The minimum atomic E-state index is -0.196. The van der Waals surface area contributed by atoms with Gasteiger partial charge in [-0.3, -0.25) is 4.79 Å². The van der Waals surface area contributed by atoms with Gasteiger partial charge in [-0.2, -0.15) is 0 Å². The van der Waals surface area contributed by atoms with Crippen molar-refractivity contribution < 1.29 is 4.79 Å². The number of amides is 1. The third-order valence-corrected chi connectivity index (χ3v) is 4.47. The van der Waals surface area contributed by atoms with Crippen LogP contribution in [0.2, 0.25) is 0 Å². The summed E-state index contributed by atoms with van der Waals surface area (Å²) in [6, 6.07) is 10.1. The summed E-state index contributed by atoms with van der Waals surface area (Å²) in [6.07, 6.45) is 5.17. The van der Waals surface area contributed by atoms with Crippen LogP contribution in [-0.4, -0.2) is 25.5 Å². The first-order valence-electron chi connectivity index (χ1n) is 8.31. The lowest BCUT2D eigenvalue weighted by Gasteiger charge is -2.34. The van der Waals surface area contributed by atoms with E-state index in [0.717, 1.165) is 57.4 Å². The molecule has 1 fully saturated rings. The first-order chi connectivity index (χ1) is 10.2. The Hall–Kier alpha value is -1.35. The van der Waals surface area contributed by atoms with Crippen molar-refractivity contribution in [3.8, 4) is 0 Å². The number of anilines is 1. The Morgan fingerprint density at radius 2 is 2.00 bits per heavy atom. The molecule has 1 aromatic carbocycles. The fraction of sp³-hybridized carbons (Fsp3) is 0.611. The molecule has 1 aromatic rings. The summed E-state index contributed by atoms with van der Waals surface area (Å²) in [5, 5.41) is 3.39. The van der Waals surface area contributed by atoms with Gasteiger partial charge in [-0.05, 0) is 37.9 Å². The fourth-order valence-electron chi connectivity index (χ4n) is 3.28. The number of para-hydroxylation sites is 1. The highest BCUT2D eigenvalue weighted by atomic mass is 16.2. The third-order valence-electron chi connectivity index (χ3n) is 4.47. The normalized spacial score (nSPS) is 21.4. The fourth-order valence-corrected chi connectivity index (χ4v) is 3.28. The second-order valence-electron chi connectivity index (χ2n) is 6.10. The van der Waals surface area contributed by atoms with Crippen molar-refractivity contribution in [2.24, 2.45) is 5.41 Å². The summed E-state index contributed by atoms with van der Waals surface area (Å²) in [4.78, 5) is 15.3. The molecule has 0 spiro atoms. The van der Waals surface area contributed by atoms with Gasteiger partial charge in [0, 0.05) is 18.8 Å². The number of carbonyl (C=O) groups excluding carboxylic acids is 1. The molecule has 3 heteroatoms. The van der Waals surface area contributed by atoms with E-state index in [-0.39, 0.29) is 5.41 Å². The van der Waals surface area contributed by atoms with Gasteiger partial charge in [-0.1, -0.05) is 44.9 Å². The molecular formula is C18H28N2O. The standard InChI is InChI=1S/C18H28N2O/c1-3-5-14-20(16-9-7-6-8-10-16)17(21)18(11-4-2)12-13-19-15-18/h6-10,19H,3-5,11-15H2,1-2H3. The molecule has 2 rings (SSSR count). The molecule has 1 unspecified atom stereocenters. The number of rotatable bonds is 7. The topological polar surface area (TPSA) is 32.3 Å². The van der Waals surface area contributed by atoms with E-state index in [9.17, 15) is 4.79 Å². The van der Waals surface area contributed by atoms with Crippen molar-refractivity contribution in [3.05, 3.63) is 30.3 Å². The average molecular weight is 288 g/mol. The quantitative estimate of drug-likeness (QED) is 0.831. The molecule has 0 aliphatic carbocycles. The van der Waals surface area contributed by atoms with Crippen molar-refractivity contribution in [1.82, 2.24) is 5.32 Å². The van der Waals surface area contributed by atoms with Crippen molar-refractivity contribution in [2.45, 2.75) is 46.0 Å². The van der Waals surface area contributed by atoms with Crippen LogP contribution in [0.5, 0.6) is 0 Å². The van der Waals surface area contributed by atoms with Crippen LogP contribution in [0.15, 0.2) is 30.3 Å². The molecule has 116 valence electrons. The number of carbonyl (C=O) groups is 1.